The van der Waals surface area contributed by atoms with Crippen LogP contribution >= 0.6 is 11.6 Å². The summed E-state index contributed by atoms with van der Waals surface area (Å²) in [6.07, 6.45) is 0. The van der Waals surface area contributed by atoms with E-state index in [9.17, 15) is 0 Å². The third-order valence-electron chi connectivity index (χ3n) is 5.73. The van der Waals surface area contributed by atoms with E-state index in [1.807, 2.05) is 54.6 Å². The monoisotopic (exact) mass is 463 g/mol. The molecule has 0 unspecified atom stereocenters. The first-order valence-electron chi connectivity index (χ1n) is 11.1. The van der Waals surface area contributed by atoms with Gasteiger partial charge in [0.1, 0.15) is 5.82 Å². The summed E-state index contributed by atoms with van der Waals surface area (Å²) in [6, 6.07) is 17.7. The molecule has 1 fully saturated rings. The molecule has 0 aliphatic carbocycles. The molecule has 0 saturated carbocycles. The molecule has 9 heteroatoms. The lowest BCUT2D eigenvalue weighted by molar-refractivity contribution is 0.0398. The van der Waals surface area contributed by atoms with E-state index in [4.69, 9.17) is 32.2 Å². The van der Waals surface area contributed by atoms with Gasteiger partial charge in [-0.3, -0.25) is 4.90 Å². The third kappa shape index (κ3) is 4.93. The first-order valence-corrected chi connectivity index (χ1v) is 11.4. The van der Waals surface area contributed by atoms with E-state index >= 15 is 0 Å². The number of fused-ring (bicyclic) bond motifs is 1. The highest BCUT2D eigenvalue weighted by molar-refractivity contribution is 6.30. The van der Waals surface area contributed by atoms with Crippen molar-refractivity contribution in [3.63, 3.8) is 0 Å². The molecule has 0 bridgehead atoms. The van der Waals surface area contributed by atoms with E-state index in [1.54, 1.807) is 4.68 Å². The van der Waals surface area contributed by atoms with Crippen LogP contribution in [-0.2, 0) is 11.3 Å². The molecule has 170 valence electrons. The molecule has 5 rings (SSSR count). The molecule has 2 aromatic heterocycles. The minimum atomic E-state index is 0.523. The number of morpholine rings is 1. The molecule has 3 N–H and O–H groups in total. The van der Waals surface area contributed by atoms with Crippen molar-refractivity contribution in [3.05, 3.63) is 65.2 Å². The Morgan fingerprint density at radius 1 is 1.03 bits per heavy atom. The maximum atomic E-state index is 6.56. The lowest BCUT2D eigenvalue weighted by atomic mass is 10.1. The van der Waals surface area contributed by atoms with Crippen LogP contribution in [0.25, 0.3) is 22.3 Å². The van der Waals surface area contributed by atoms with Crippen molar-refractivity contribution < 1.29 is 4.74 Å². The molecule has 4 aromatic rings. The van der Waals surface area contributed by atoms with Gasteiger partial charge in [-0.1, -0.05) is 54.1 Å². The summed E-state index contributed by atoms with van der Waals surface area (Å²) >= 11 is 6.28. The number of nitrogen functional groups attached to an aromatic ring is 1. The molecule has 33 heavy (non-hydrogen) atoms. The Hall–Kier alpha value is -3.20. The van der Waals surface area contributed by atoms with E-state index in [2.05, 4.69) is 15.2 Å². The molecule has 2 aromatic carbocycles. The average Bonchev–Trinajstić information content (AvgIpc) is 3.15. The Balaban J connectivity index is 1.49. The smallest absolute Gasteiger partial charge is 0.225 e. The molecule has 0 amide bonds. The van der Waals surface area contributed by atoms with Gasteiger partial charge >= 0.3 is 0 Å². The van der Waals surface area contributed by atoms with Gasteiger partial charge in [0.05, 0.1) is 30.8 Å². The maximum Gasteiger partial charge on any atom is 0.225 e. The summed E-state index contributed by atoms with van der Waals surface area (Å²) < 4.78 is 7.20. The van der Waals surface area contributed by atoms with Crippen molar-refractivity contribution in [2.45, 2.75) is 6.54 Å². The standard InChI is InChI=1S/C24H26ClN7O/c25-19-8-4-7-18(15-19)21-20-22(26)32(16-17-5-2-1-3-6-17)30-23(20)29-24(28-21)27-9-10-31-11-13-33-14-12-31/h1-8,15H,9-14,16,26H2,(H,27,29,30). The second-order valence-corrected chi connectivity index (χ2v) is 8.45. The summed E-state index contributed by atoms with van der Waals surface area (Å²) in [7, 11) is 0. The number of aromatic nitrogens is 4. The second-order valence-electron chi connectivity index (χ2n) is 8.01. The Labute approximate surface area is 197 Å². The predicted molar refractivity (Wildman–Crippen MR) is 131 cm³/mol. The van der Waals surface area contributed by atoms with E-state index in [0.717, 1.165) is 55.9 Å². The number of nitrogens with two attached hydrogens (primary N) is 1. The lowest BCUT2D eigenvalue weighted by Crippen LogP contribution is -2.39. The van der Waals surface area contributed by atoms with Gasteiger partial charge in [0.25, 0.3) is 0 Å². The van der Waals surface area contributed by atoms with E-state index in [1.165, 1.54) is 0 Å². The van der Waals surface area contributed by atoms with Crippen LogP contribution < -0.4 is 11.1 Å². The van der Waals surface area contributed by atoms with Crippen LogP contribution in [0.1, 0.15) is 5.56 Å². The average molecular weight is 464 g/mol. The Kier molecular flexibility index (Phi) is 6.39. The fourth-order valence-corrected chi connectivity index (χ4v) is 4.20. The number of rotatable bonds is 7. The highest BCUT2D eigenvalue weighted by Gasteiger charge is 2.19. The van der Waals surface area contributed by atoms with Crippen LogP contribution in [-0.4, -0.2) is 64.0 Å². The van der Waals surface area contributed by atoms with Crippen LogP contribution in [0, 0.1) is 0 Å². The zero-order chi connectivity index (χ0) is 22.6. The third-order valence-corrected chi connectivity index (χ3v) is 5.96. The number of benzene rings is 2. The summed E-state index contributed by atoms with van der Waals surface area (Å²) in [5, 5.41) is 9.44. The van der Waals surface area contributed by atoms with E-state index < -0.39 is 0 Å². The van der Waals surface area contributed by atoms with Crippen LogP contribution in [0.2, 0.25) is 5.02 Å². The normalized spacial score (nSPS) is 14.6. The summed E-state index contributed by atoms with van der Waals surface area (Å²) in [4.78, 5) is 11.9. The van der Waals surface area contributed by atoms with Gasteiger partial charge in [-0.05, 0) is 17.7 Å². The lowest BCUT2D eigenvalue weighted by Gasteiger charge is -2.26. The molecule has 0 radical (unpaired) electrons. The number of ether oxygens (including phenoxy) is 1. The summed E-state index contributed by atoms with van der Waals surface area (Å²) in [5.74, 6) is 1.05. The summed E-state index contributed by atoms with van der Waals surface area (Å²) in [5.41, 5.74) is 9.81. The van der Waals surface area contributed by atoms with E-state index in [0.29, 0.717) is 34.7 Å². The molecule has 8 nitrogen and oxygen atoms in total. The van der Waals surface area contributed by atoms with Crippen LogP contribution in [0.3, 0.4) is 0 Å². The quantitative estimate of drug-likeness (QED) is 0.433. The Morgan fingerprint density at radius 3 is 2.64 bits per heavy atom. The van der Waals surface area contributed by atoms with Crippen LogP contribution in [0.15, 0.2) is 54.6 Å². The molecule has 3 heterocycles. The number of hydrogen-bond donors (Lipinski definition) is 2. The van der Waals surface area contributed by atoms with Crippen molar-refractivity contribution in [1.82, 2.24) is 24.6 Å². The van der Waals surface area contributed by atoms with Crippen molar-refractivity contribution in [1.29, 1.82) is 0 Å². The van der Waals surface area contributed by atoms with Crippen molar-refractivity contribution >= 4 is 34.4 Å². The van der Waals surface area contributed by atoms with Gasteiger partial charge in [0.2, 0.25) is 5.95 Å². The molecule has 1 saturated heterocycles. The van der Waals surface area contributed by atoms with Gasteiger partial charge < -0.3 is 15.8 Å². The van der Waals surface area contributed by atoms with Crippen LogP contribution in [0.5, 0.6) is 0 Å². The van der Waals surface area contributed by atoms with Gasteiger partial charge in [-0.25, -0.2) is 9.67 Å². The van der Waals surface area contributed by atoms with Crippen molar-refractivity contribution in [3.8, 4) is 11.3 Å². The highest BCUT2D eigenvalue weighted by Crippen LogP contribution is 2.32. The first kappa shape index (κ1) is 21.6. The number of nitrogens with one attached hydrogen (secondary N) is 1. The first-order chi connectivity index (χ1) is 16.2. The van der Waals surface area contributed by atoms with Crippen LogP contribution in [0.4, 0.5) is 11.8 Å². The van der Waals surface area contributed by atoms with Gasteiger partial charge in [0, 0.05) is 36.8 Å². The molecule has 0 spiro atoms. The largest absolute Gasteiger partial charge is 0.383 e. The minimum Gasteiger partial charge on any atom is -0.383 e. The number of nitrogens with zero attached hydrogens (tertiary/aromatic N) is 5. The maximum absolute atomic E-state index is 6.56. The molecule has 1 aliphatic rings. The minimum absolute atomic E-state index is 0.523. The number of anilines is 2. The number of halogens is 1. The molecular weight excluding hydrogens is 438 g/mol. The fourth-order valence-electron chi connectivity index (χ4n) is 4.01. The number of hydrogen-bond acceptors (Lipinski definition) is 7. The van der Waals surface area contributed by atoms with E-state index in [-0.39, 0.29) is 0 Å². The molecule has 0 atom stereocenters. The predicted octanol–water partition coefficient (Wildman–Crippen LogP) is 3.52. The Morgan fingerprint density at radius 2 is 1.85 bits per heavy atom. The van der Waals surface area contributed by atoms with Gasteiger partial charge in [-0.15, -0.1) is 5.10 Å². The van der Waals surface area contributed by atoms with Gasteiger partial charge in [-0.2, -0.15) is 4.98 Å². The van der Waals surface area contributed by atoms with Crippen molar-refractivity contribution in [2.24, 2.45) is 0 Å². The molecular formula is C24H26ClN7O. The topological polar surface area (TPSA) is 94.1 Å². The SMILES string of the molecule is Nc1c2c(-c3cccc(Cl)c3)nc(NCCN3CCOCC3)nc2nn1Cc1ccccc1. The Bertz CT molecular complexity index is 1240. The highest BCUT2D eigenvalue weighted by atomic mass is 35.5. The zero-order valence-corrected chi connectivity index (χ0v) is 19.0. The summed E-state index contributed by atoms with van der Waals surface area (Å²) in [6.45, 7) is 5.60. The zero-order valence-electron chi connectivity index (χ0n) is 18.2. The molecule has 1 aliphatic heterocycles. The van der Waals surface area contributed by atoms with Gasteiger partial charge in [0.15, 0.2) is 5.65 Å². The second kappa shape index (κ2) is 9.74. The fraction of sp³-hybridized carbons (Fsp3) is 0.292. The van der Waals surface area contributed by atoms with Crippen molar-refractivity contribution in [2.75, 3.05) is 50.4 Å².